The van der Waals surface area contributed by atoms with Crippen LogP contribution in [0.3, 0.4) is 0 Å². The zero-order valence-electron chi connectivity index (χ0n) is 11.6. The molecular formula is C13H18N4O2S. The molecule has 0 bridgehead atoms. The van der Waals surface area contributed by atoms with E-state index in [1.807, 2.05) is 6.07 Å². The van der Waals surface area contributed by atoms with Crippen LogP contribution >= 0.6 is 0 Å². The van der Waals surface area contributed by atoms with Crippen molar-refractivity contribution in [2.24, 2.45) is 0 Å². The number of anilines is 1. The van der Waals surface area contributed by atoms with Gasteiger partial charge in [-0.1, -0.05) is 18.2 Å². The van der Waals surface area contributed by atoms with E-state index in [4.69, 9.17) is 5.26 Å². The summed E-state index contributed by atoms with van der Waals surface area (Å²) in [4.78, 5) is 1.58. The van der Waals surface area contributed by atoms with E-state index in [1.54, 1.807) is 36.2 Å². The van der Waals surface area contributed by atoms with E-state index in [1.165, 1.54) is 15.7 Å². The van der Waals surface area contributed by atoms with Crippen LogP contribution in [-0.4, -0.2) is 50.8 Å². The highest BCUT2D eigenvalue weighted by molar-refractivity contribution is 7.90. The molecule has 1 aromatic rings. The molecule has 0 amide bonds. The topological polar surface area (TPSA) is 67.7 Å². The van der Waals surface area contributed by atoms with Gasteiger partial charge in [-0.05, 0) is 18.6 Å². The van der Waals surface area contributed by atoms with Crippen LogP contribution in [0, 0.1) is 11.5 Å². The van der Waals surface area contributed by atoms with Crippen molar-refractivity contribution in [3.63, 3.8) is 0 Å². The first-order valence-electron chi connectivity index (χ1n) is 6.38. The lowest BCUT2D eigenvalue weighted by molar-refractivity contribution is 0.364. The van der Waals surface area contributed by atoms with E-state index < -0.39 is 10.2 Å². The maximum atomic E-state index is 12.6. The maximum absolute atomic E-state index is 12.6. The smallest absolute Gasteiger partial charge is 0.303 e. The number of rotatable bonds is 4. The third kappa shape index (κ3) is 2.71. The van der Waals surface area contributed by atoms with Crippen LogP contribution in [0.25, 0.3) is 0 Å². The molecule has 0 spiro atoms. The van der Waals surface area contributed by atoms with E-state index in [-0.39, 0.29) is 6.04 Å². The highest BCUT2D eigenvalue weighted by atomic mass is 32.2. The van der Waals surface area contributed by atoms with E-state index >= 15 is 0 Å². The lowest BCUT2D eigenvalue weighted by atomic mass is 10.3. The Labute approximate surface area is 120 Å². The first-order chi connectivity index (χ1) is 9.46. The number of benzene rings is 1. The minimum Gasteiger partial charge on any atom is -0.309 e. The first-order valence-corrected chi connectivity index (χ1v) is 7.78. The Balaban J connectivity index is 2.16. The quantitative estimate of drug-likeness (QED) is 0.772. The Kier molecular flexibility index (Phi) is 4.16. The van der Waals surface area contributed by atoms with Crippen molar-refractivity contribution >= 4 is 15.9 Å². The molecule has 7 heteroatoms. The molecule has 1 saturated heterocycles. The van der Waals surface area contributed by atoms with Gasteiger partial charge in [0, 0.05) is 33.2 Å². The standard InChI is InChI=1S/C13H18N4O2S/c1-15(12-6-4-3-5-7-12)20(18,19)16(2)13-8-9-17(10-13)11-14/h3-7,13H,8-10H2,1-2H3. The largest absolute Gasteiger partial charge is 0.309 e. The molecule has 2 rings (SSSR count). The van der Waals surface area contributed by atoms with Gasteiger partial charge in [0.15, 0.2) is 6.19 Å². The maximum Gasteiger partial charge on any atom is 0.303 e. The van der Waals surface area contributed by atoms with Gasteiger partial charge in [0.1, 0.15) is 0 Å². The molecule has 1 aromatic carbocycles. The van der Waals surface area contributed by atoms with Crippen molar-refractivity contribution in [1.29, 1.82) is 5.26 Å². The van der Waals surface area contributed by atoms with Gasteiger partial charge >= 0.3 is 10.2 Å². The second-order valence-corrected chi connectivity index (χ2v) is 6.83. The molecule has 1 heterocycles. The Hall–Kier alpha value is -1.78. The molecule has 6 nitrogen and oxygen atoms in total. The van der Waals surface area contributed by atoms with Crippen LogP contribution in [0.15, 0.2) is 30.3 Å². The summed E-state index contributed by atoms with van der Waals surface area (Å²) in [6, 6.07) is 8.78. The molecule has 108 valence electrons. The monoisotopic (exact) mass is 294 g/mol. The zero-order chi connectivity index (χ0) is 14.8. The van der Waals surface area contributed by atoms with Crippen LogP contribution in [0.2, 0.25) is 0 Å². The highest BCUT2D eigenvalue weighted by Gasteiger charge is 2.34. The second kappa shape index (κ2) is 5.69. The van der Waals surface area contributed by atoms with Gasteiger partial charge in [0.2, 0.25) is 0 Å². The predicted molar refractivity (Wildman–Crippen MR) is 77.1 cm³/mol. The molecule has 20 heavy (non-hydrogen) atoms. The van der Waals surface area contributed by atoms with Gasteiger partial charge < -0.3 is 4.90 Å². The Morgan fingerprint density at radius 1 is 1.30 bits per heavy atom. The van der Waals surface area contributed by atoms with E-state index in [0.29, 0.717) is 25.2 Å². The van der Waals surface area contributed by atoms with Crippen molar-refractivity contribution in [2.75, 3.05) is 31.5 Å². The number of likely N-dealkylation sites (tertiary alicyclic amines) is 1. The summed E-state index contributed by atoms with van der Waals surface area (Å²) < 4.78 is 27.8. The summed E-state index contributed by atoms with van der Waals surface area (Å²) in [5, 5.41) is 8.85. The van der Waals surface area contributed by atoms with Crippen LogP contribution < -0.4 is 4.31 Å². The molecule has 1 aliphatic heterocycles. The molecule has 0 saturated carbocycles. The minimum absolute atomic E-state index is 0.161. The fourth-order valence-corrected chi connectivity index (χ4v) is 3.61. The molecular weight excluding hydrogens is 276 g/mol. The summed E-state index contributed by atoms with van der Waals surface area (Å²) in [5.74, 6) is 0. The van der Waals surface area contributed by atoms with E-state index in [2.05, 4.69) is 6.19 Å². The van der Waals surface area contributed by atoms with Crippen molar-refractivity contribution in [3.8, 4) is 6.19 Å². The Bertz CT molecular complexity index is 597. The lowest BCUT2D eigenvalue weighted by Crippen LogP contribution is -2.46. The average molecular weight is 294 g/mol. The molecule has 1 aliphatic rings. The highest BCUT2D eigenvalue weighted by Crippen LogP contribution is 2.22. The molecule has 0 radical (unpaired) electrons. The molecule has 0 aliphatic carbocycles. The van der Waals surface area contributed by atoms with Gasteiger partial charge in [-0.3, -0.25) is 4.31 Å². The zero-order valence-corrected chi connectivity index (χ0v) is 12.4. The molecule has 0 N–H and O–H groups in total. The molecule has 1 fully saturated rings. The van der Waals surface area contributed by atoms with Crippen molar-refractivity contribution in [3.05, 3.63) is 30.3 Å². The summed E-state index contributed by atoms with van der Waals surface area (Å²) in [6.07, 6.45) is 2.73. The number of nitriles is 1. The van der Waals surface area contributed by atoms with Gasteiger partial charge in [-0.15, -0.1) is 0 Å². The first kappa shape index (κ1) is 14.6. The Morgan fingerprint density at radius 2 is 1.95 bits per heavy atom. The normalized spacial score (nSPS) is 19.1. The van der Waals surface area contributed by atoms with Gasteiger partial charge in [0.05, 0.1) is 5.69 Å². The van der Waals surface area contributed by atoms with Crippen molar-refractivity contribution in [1.82, 2.24) is 9.21 Å². The SMILES string of the molecule is CN(c1ccccc1)S(=O)(=O)N(C)C1CCN(C#N)C1. The average Bonchev–Trinajstić information content (AvgIpc) is 2.95. The minimum atomic E-state index is -3.58. The summed E-state index contributed by atoms with van der Waals surface area (Å²) >= 11 is 0. The lowest BCUT2D eigenvalue weighted by Gasteiger charge is -2.29. The van der Waals surface area contributed by atoms with E-state index in [0.717, 1.165) is 0 Å². The Morgan fingerprint density at radius 3 is 2.50 bits per heavy atom. The summed E-state index contributed by atoms with van der Waals surface area (Å²) in [7, 11) is -0.467. The van der Waals surface area contributed by atoms with Crippen LogP contribution in [0.4, 0.5) is 5.69 Å². The second-order valence-electron chi connectivity index (χ2n) is 4.82. The molecule has 1 unspecified atom stereocenters. The molecule has 0 aromatic heterocycles. The number of hydrogen-bond acceptors (Lipinski definition) is 4. The van der Waals surface area contributed by atoms with Crippen molar-refractivity contribution in [2.45, 2.75) is 12.5 Å². The molecule has 1 atom stereocenters. The fourth-order valence-electron chi connectivity index (χ4n) is 2.28. The number of para-hydroxylation sites is 1. The number of likely N-dealkylation sites (N-methyl/N-ethyl adjacent to an activating group) is 1. The van der Waals surface area contributed by atoms with Gasteiger partial charge in [-0.2, -0.15) is 18.0 Å². The summed E-state index contributed by atoms with van der Waals surface area (Å²) in [5.41, 5.74) is 0.620. The van der Waals surface area contributed by atoms with E-state index in [9.17, 15) is 8.42 Å². The number of nitrogens with zero attached hydrogens (tertiary/aromatic N) is 4. The van der Waals surface area contributed by atoms with Crippen LogP contribution in [-0.2, 0) is 10.2 Å². The van der Waals surface area contributed by atoms with Gasteiger partial charge in [-0.25, -0.2) is 0 Å². The number of hydrogen-bond donors (Lipinski definition) is 0. The third-order valence-corrected chi connectivity index (χ3v) is 5.58. The third-order valence-electron chi connectivity index (χ3n) is 3.65. The van der Waals surface area contributed by atoms with Gasteiger partial charge in [0.25, 0.3) is 0 Å². The predicted octanol–water partition coefficient (Wildman–Crippen LogP) is 0.855. The van der Waals surface area contributed by atoms with Crippen molar-refractivity contribution < 1.29 is 8.42 Å². The summed E-state index contributed by atoms with van der Waals surface area (Å²) in [6.45, 7) is 1.06. The van der Waals surface area contributed by atoms with Crippen LogP contribution in [0.1, 0.15) is 6.42 Å². The fraction of sp³-hybridized carbons (Fsp3) is 0.462. The van der Waals surface area contributed by atoms with Crippen LogP contribution in [0.5, 0.6) is 0 Å².